The number of carbonyl (C=O) groups is 2. The molecule has 1 amide bonds. The summed E-state index contributed by atoms with van der Waals surface area (Å²) in [7, 11) is 0. The van der Waals surface area contributed by atoms with Crippen molar-refractivity contribution in [3.05, 3.63) is 17.5 Å². The van der Waals surface area contributed by atoms with E-state index in [0.717, 1.165) is 11.4 Å². The first-order valence-electron chi connectivity index (χ1n) is 7.16. The summed E-state index contributed by atoms with van der Waals surface area (Å²) in [6, 6.07) is 1.94. The van der Waals surface area contributed by atoms with Gasteiger partial charge in [-0.25, -0.2) is 0 Å². The molecule has 1 atom stereocenters. The normalized spacial score (nSPS) is 13.0. The summed E-state index contributed by atoms with van der Waals surface area (Å²) in [6.45, 7) is 9.50. The van der Waals surface area contributed by atoms with Crippen molar-refractivity contribution in [2.75, 3.05) is 0 Å². The van der Waals surface area contributed by atoms with E-state index in [2.05, 4.69) is 10.4 Å². The van der Waals surface area contributed by atoms with Crippen LogP contribution in [-0.2, 0) is 9.59 Å². The number of hydrogen-bond acceptors (Lipinski definition) is 3. The highest BCUT2D eigenvalue weighted by molar-refractivity contribution is 5.77. The first-order valence-corrected chi connectivity index (χ1v) is 7.16. The van der Waals surface area contributed by atoms with E-state index in [9.17, 15) is 9.59 Å². The van der Waals surface area contributed by atoms with E-state index in [1.807, 2.05) is 45.4 Å². The molecule has 6 heteroatoms. The molecule has 6 nitrogen and oxygen atoms in total. The third-order valence-corrected chi connectivity index (χ3v) is 3.38. The maximum atomic E-state index is 12.1. The van der Waals surface area contributed by atoms with Gasteiger partial charge in [-0.1, -0.05) is 0 Å². The van der Waals surface area contributed by atoms with Crippen LogP contribution < -0.4 is 5.32 Å². The zero-order valence-electron chi connectivity index (χ0n) is 13.4. The van der Waals surface area contributed by atoms with Crippen molar-refractivity contribution in [2.24, 2.45) is 0 Å². The fourth-order valence-electron chi connectivity index (χ4n) is 2.36. The van der Waals surface area contributed by atoms with Gasteiger partial charge in [0.05, 0.1) is 11.7 Å². The van der Waals surface area contributed by atoms with Crippen molar-refractivity contribution in [3.63, 3.8) is 0 Å². The van der Waals surface area contributed by atoms with Gasteiger partial charge in [-0.2, -0.15) is 5.10 Å². The van der Waals surface area contributed by atoms with Crippen LogP contribution in [0.2, 0.25) is 0 Å². The van der Waals surface area contributed by atoms with E-state index in [1.54, 1.807) is 0 Å². The lowest BCUT2D eigenvalue weighted by Crippen LogP contribution is -2.44. The summed E-state index contributed by atoms with van der Waals surface area (Å²) < 4.78 is 1.85. The van der Waals surface area contributed by atoms with Gasteiger partial charge in [0.25, 0.3) is 0 Å². The SMILES string of the molecule is Cc1cc(C)n(C(C)CC(=O)NC(C)(C)CCC(=O)O)n1. The Morgan fingerprint density at radius 3 is 2.52 bits per heavy atom. The fourth-order valence-corrected chi connectivity index (χ4v) is 2.36. The van der Waals surface area contributed by atoms with Crippen molar-refractivity contribution in [3.8, 4) is 0 Å². The molecule has 0 spiro atoms. The van der Waals surface area contributed by atoms with Crippen LogP contribution >= 0.6 is 0 Å². The van der Waals surface area contributed by atoms with E-state index >= 15 is 0 Å². The number of aryl methyl sites for hydroxylation is 2. The van der Waals surface area contributed by atoms with Crippen molar-refractivity contribution < 1.29 is 14.7 Å². The molecule has 21 heavy (non-hydrogen) atoms. The molecular formula is C15H25N3O3. The summed E-state index contributed by atoms with van der Waals surface area (Å²) in [5, 5.41) is 16.0. The van der Waals surface area contributed by atoms with Crippen LogP contribution in [0.3, 0.4) is 0 Å². The molecule has 1 unspecified atom stereocenters. The number of nitrogens with one attached hydrogen (secondary N) is 1. The van der Waals surface area contributed by atoms with Crippen LogP contribution in [0.4, 0.5) is 0 Å². The third-order valence-electron chi connectivity index (χ3n) is 3.38. The smallest absolute Gasteiger partial charge is 0.303 e. The molecular weight excluding hydrogens is 270 g/mol. The Bertz CT molecular complexity index is 520. The maximum Gasteiger partial charge on any atom is 0.303 e. The molecule has 0 aromatic carbocycles. The molecule has 0 aliphatic rings. The summed E-state index contributed by atoms with van der Waals surface area (Å²) >= 11 is 0. The van der Waals surface area contributed by atoms with Crippen LogP contribution in [0, 0.1) is 13.8 Å². The molecule has 1 rings (SSSR count). The lowest BCUT2D eigenvalue weighted by atomic mass is 9.98. The number of nitrogens with zero attached hydrogens (tertiary/aromatic N) is 2. The summed E-state index contributed by atoms with van der Waals surface area (Å²) in [6.07, 6.45) is 0.765. The van der Waals surface area contributed by atoms with Gasteiger partial charge in [0, 0.05) is 24.1 Å². The van der Waals surface area contributed by atoms with E-state index in [0.29, 0.717) is 12.8 Å². The molecule has 0 fully saturated rings. The summed E-state index contributed by atoms with van der Waals surface area (Å²) in [5.41, 5.74) is 1.43. The maximum absolute atomic E-state index is 12.1. The van der Waals surface area contributed by atoms with Crippen LogP contribution in [-0.4, -0.2) is 32.3 Å². The van der Waals surface area contributed by atoms with Gasteiger partial charge in [0.15, 0.2) is 0 Å². The van der Waals surface area contributed by atoms with Crippen molar-refractivity contribution in [2.45, 2.75) is 65.5 Å². The number of carboxylic acid groups (broad SMARTS) is 1. The lowest BCUT2D eigenvalue weighted by Gasteiger charge is -2.26. The van der Waals surface area contributed by atoms with E-state index in [4.69, 9.17) is 5.11 Å². The van der Waals surface area contributed by atoms with Crippen LogP contribution in [0.25, 0.3) is 0 Å². The first-order chi connectivity index (χ1) is 9.60. The predicted octanol–water partition coefficient (Wildman–Crippen LogP) is 2.21. The van der Waals surface area contributed by atoms with Gasteiger partial charge in [0.2, 0.25) is 5.91 Å². The first kappa shape index (κ1) is 17.2. The second-order valence-electron chi connectivity index (χ2n) is 6.25. The highest BCUT2D eigenvalue weighted by Gasteiger charge is 2.23. The van der Waals surface area contributed by atoms with E-state index in [1.165, 1.54) is 0 Å². The Balaban J connectivity index is 2.56. The molecule has 1 aromatic heterocycles. The Morgan fingerprint density at radius 2 is 2.05 bits per heavy atom. The molecule has 0 saturated carbocycles. The second-order valence-corrected chi connectivity index (χ2v) is 6.25. The number of aromatic nitrogens is 2. The molecule has 0 saturated heterocycles. The Labute approximate surface area is 125 Å². The van der Waals surface area contributed by atoms with Crippen LogP contribution in [0.15, 0.2) is 6.07 Å². The third kappa shape index (κ3) is 5.57. The molecule has 1 heterocycles. The van der Waals surface area contributed by atoms with E-state index < -0.39 is 11.5 Å². The predicted molar refractivity (Wildman–Crippen MR) is 80.1 cm³/mol. The minimum atomic E-state index is -0.853. The molecule has 0 radical (unpaired) electrons. The highest BCUT2D eigenvalue weighted by atomic mass is 16.4. The zero-order chi connectivity index (χ0) is 16.2. The topological polar surface area (TPSA) is 84.2 Å². The number of rotatable bonds is 7. The quantitative estimate of drug-likeness (QED) is 0.807. The molecule has 0 aliphatic heterocycles. The standard InChI is InChI=1S/C15H25N3O3/c1-10-8-11(2)18(17-10)12(3)9-13(19)16-15(4,5)7-6-14(20)21/h8,12H,6-7,9H2,1-5H3,(H,16,19)(H,20,21). The van der Waals surface area contributed by atoms with Crippen LogP contribution in [0.5, 0.6) is 0 Å². The Hall–Kier alpha value is -1.85. The average Bonchev–Trinajstić information content (AvgIpc) is 2.65. The summed E-state index contributed by atoms with van der Waals surface area (Å²) in [4.78, 5) is 22.7. The minimum Gasteiger partial charge on any atom is -0.481 e. The van der Waals surface area contributed by atoms with Gasteiger partial charge < -0.3 is 10.4 Å². The minimum absolute atomic E-state index is 0.0334. The number of amides is 1. The van der Waals surface area contributed by atoms with E-state index in [-0.39, 0.29) is 18.4 Å². The van der Waals surface area contributed by atoms with Crippen molar-refractivity contribution >= 4 is 11.9 Å². The molecule has 118 valence electrons. The Kier molecular flexibility index (Phi) is 5.52. The molecule has 0 bridgehead atoms. The molecule has 0 aliphatic carbocycles. The second kappa shape index (κ2) is 6.74. The highest BCUT2D eigenvalue weighted by Crippen LogP contribution is 2.16. The number of aliphatic carboxylic acids is 1. The van der Waals surface area contributed by atoms with Gasteiger partial charge in [0.1, 0.15) is 0 Å². The van der Waals surface area contributed by atoms with Gasteiger partial charge in [-0.15, -0.1) is 0 Å². The Morgan fingerprint density at radius 1 is 1.43 bits per heavy atom. The number of carboxylic acids is 1. The monoisotopic (exact) mass is 295 g/mol. The lowest BCUT2D eigenvalue weighted by molar-refractivity contribution is -0.137. The van der Waals surface area contributed by atoms with Crippen LogP contribution in [0.1, 0.15) is 57.5 Å². The van der Waals surface area contributed by atoms with Gasteiger partial charge in [-0.05, 0) is 47.1 Å². The number of hydrogen-bond donors (Lipinski definition) is 2. The average molecular weight is 295 g/mol. The zero-order valence-corrected chi connectivity index (χ0v) is 13.4. The number of carbonyl (C=O) groups excluding carboxylic acids is 1. The largest absolute Gasteiger partial charge is 0.481 e. The molecule has 2 N–H and O–H groups in total. The van der Waals surface area contributed by atoms with Crippen molar-refractivity contribution in [1.82, 2.24) is 15.1 Å². The molecule has 1 aromatic rings. The summed E-state index contributed by atoms with van der Waals surface area (Å²) in [5.74, 6) is -0.946. The van der Waals surface area contributed by atoms with Gasteiger partial charge in [-0.3, -0.25) is 14.3 Å². The van der Waals surface area contributed by atoms with Crippen molar-refractivity contribution in [1.29, 1.82) is 0 Å². The van der Waals surface area contributed by atoms with Gasteiger partial charge >= 0.3 is 5.97 Å². The fraction of sp³-hybridized carbons (Fsp3) is 0.667.